The third-order valence-corrected chi connectivity index (χ3v) is 11.2. The Hall–Kier alpha value is -3.46. The Kier molecular flexibility index (Phi) is 10.9. The lowest BCUT2D eigenvalue weighted by molar-refractivity contribution is -0.145. The van der Waals surface area contributed by atoms with E-state index in [0.29, 0.717) is 48.0 Å². The Bertz CT molecular complexity index is 1880. The molecule has 1 N–H and O–H groups in total. The zero-order chi connectivity index (χ0) is 33.9. The van der Waals surface area contributed by atoms with Gasteiger partial charge in [0.15, 0.2) is 0 Å². The van der Waals surface area contributed by atoms with Crippen molar-refractivity contribution in [2.45, 2.75) is 26.0 Å². The summed E-state index contributed by atoms with van der Waals surface area (Å²) in [5, 5.41) is 10.9. The van der Waals surface area contributed by atoms with E-state index < -0.39 is 22.1 Å². The number of nitrogens with zero attached hydrogens (tertiary/aromatic N) is 5. The van der Waals surface area contributed by atoms with Gasteiger partial charge >= 0.3 is 5.97 Å². The van der Waals surface area contributed by atoms with E-state index in [-0.39, 0.29) is 18.1 Å². The van der Waals surface area contributed by atoms with Crippen molar-refractivity contribution in [3.05, 3.63) is 77.3 Å². The number of benzene rings is 2. The van der Waals surface area contributed by atoms with Gasteiger partial charge in [-0.2, -0.15) is 4.31 Å². The Morgan fingerprint density at radius 2 is 1.89 bits per heavy atom. The smallest absolute Gasteiger partial charge is 0.345 e. The number of aliphatic carboxylic acids is 1. The molecule has 5 rings (SSSR count). The number of piperazine rings is 1. The van der Waals surface area contributed by atoms with Crippen LogP contribution in [0.4, 0.5) is 4.39 Å². The molecule has 2 aromatic carbocycles. The van der Waals surface area contributed by atoms with E-state index in [1.165, 1.54) is 46.4 Å². The first kappa shape index (κ1) is 34.9. The first-order valence-electron chi connectivity index (χ1n) is 15.1. The maximum atomic E-state index is 13.9. The molecule has 1 fully saturated rings. The molecule has 0 saturated carbocycles. The van der Waals surface area contributed by atoms with Gasteiger partial charge in [-0.3, -0.25) is 4.90 Å². The number of sulfonamides is 1. The number of hydrogen-bond acceptors (Lipinski definition) is 9. The molecule has 0 spiro atoms. The van der Waals surface area contributed by atoms with Gasteiger partial charge in [0, 0.05) is 67.7 Å². The molecule has 4 aromatic rings. The van der Waals surface area contributed by atoms with Gasteiger partial charge in [-0.15, -0.1) is 17.9 Å². The predicted molar refractivity (Wildman–Crippen MR) is 184 cm³/mol. The monoisotopic (exact) mass is 701 g/mol. The predicted octanol–water partition coefficient (Wildman–Crippen LogP) is 5.54. The Balaban J connectivity index is 1.46. The Morgan fingerprint density at radius 1 is 1.19 bits per heavy atom. The van der Waals surface area contributed by atoms with E-state index in [1.807, 2.05) is 26.1 Å². The highest BCUT2D eigenvalue weighted by atomic mass is 35.5. The van der Waals surface area contributed by atoms with Crippen LogP contribution in [-0.2, 0) is 21.4 Å². The van der Waals surface area contributed by atoms with Gasteiger partial charge in [-0.1, -0.05) is 41.9 Å². The van der Waals surface area contributed by atoms with Crippen molar-refractivity contribution in [1.82, 2.24) is 24.1 Å². The van der Waals surface area contributed by atoms with Crippen LogP contribution in [-0.4, -0.2) is 102 Å². The summed E-state index contributed by atoms with van der Waals surface area (Å²) in [6.45, 7) is 10.1. The number of hydrogen-bond donors (Lipinski definition) is 1. The summed E-state index contributed by atoms with van der Waals surface area (Å²) < 4.78 is 45.1. The lowest BCUT2D eigenvalue weighted by Crippen LogP contribution is -2.49. The van der Waals surface area contributed by atoms with Gasteiger partial charge in [0.25, 0.3) is 0 Å². The molecule has 0 bridgehead atoms. The normalized spacial score (nSPS) is 15.3. The number of halogens is 2. The van der Waals surface area contributed by atoms with Crippen LogP contribution in [0.15, 0.2) is 55.4 Å². The number of thiophene rings is 1. The van der Waals surface area contributed by atoms with Gasteiger partial charge in [-0.25, -0.2) is 27.6 Å². The van der Waals surface area contributed by atoms with E-state index in [1.54, 1.807) is 12.1 Å². The van der Waals surface area contributed by atoms with Crippen molar-refractivity contribution in [3.8, 4) is 27.4 Å². The van der Waals surface area contributed by atoms with Crippen LogP contribution in [0.1, 0.15) is 17.5 Å². The summed E-state index contributed by atoms with van der Waals surface area (Å²) in [6.07, 6.45) is 2.95. The highest BCUT2D eigenvalue weighted by molar-refractivity contribution is 7.88. The molecule has 0 aliphatic carbocycles. The molecule has 14 heteroatoms. The molecule has 3 heterocycles. The fraction of sp³-hybridized carbons (Fsp3) is 0.364. The molecular formula is C33H37ClFN5O5S2. The standard InChI is InChI=1S/C33H37ClFN5O5S2/c1-5-6-26(33(41)42)45-31-28-27(30(46-32(28)37-20-36-31)22-7-10-24(35)11-8-22)25-12-9-23(29(34)21(25)2)19-38(3)13-14-39-15-17-40(18-16-39)47(4,43)44/h5,7-12,20,26H,1,6,13-19H2,2-4H3,(H,41,42)/t26-/m1/s1. The molecule has 1 aliphatic heterocycles. The largest absolute Gasteiger partial charge is 0.478 e. The third-order valence-electron chi connectivity index (χ3n) is 8.24. The number of likely N-dealkylation sites (N-methyl/N-ethyl adjacent to an activating group) is 1. The molecule has 10 nitrogen and oxygen atoms in total. The first-order chi connectivity index (χ1) is 22.4. The summed E-state index contributed by atoms with van der Waals surface area (Å²) >= 11 is 8.43. The Morgan fingerprint density at radius 3 is 2.53 bits per heavy atom. The maximum Gasteiger partial charge on any atom is 0.345 e. The van der Waals surface area contributed by atoms with Gasteiger partial charge in [0.1, 0.15) is 17.0 Å². The van der Waals surface area contributed by atoms with Crippen LogP contribution in [0.3, 0.4) is 0 Å². The van der Waals surface area contributed by atoms with E-state index in [2.05, 4.69) is 26.3 Å². The summed E-state index contributed by atoms with van der Waals surface area (Å²) in [5.41, 5.74) is 4.03. The maximum absolute atomic E-state index is 13.9. The van der Waals surface area contributed by atoms with E-state index in [4.69, 9.17) is 16.3 Å². The molecule has 1 atom stereocenters. The molecule has 47 heavy (non-hydrogen) atoms. The fourth-order valence-corrected chi connectivity index (χ4v) is 7.85. The summed E-state index contributed by atoms with van der Waals surface area (Å²) in [4.78, 5) is 26.6. The Labute approximate surface area is 283 Å². The quantitative estimate of drug-likeness (QED) is 0.179. The molecule has 1 saturated heterocycles. The van der Waals surface area contributed by atoms with Crippen molar-refractivity contribution in [2.75, 3.05) is 52.6 Å². The zero-order valence-electron chi connectivity index (χ0n) is 26.4. The van der Waals surface area contributed by atoms with E-state index in [0.717, 1.165) is 45.8 Å². The molecule has 2 aromatic heterocycles. The van der Waals surface area contributed by atoms with Crippen LogP contribution in [0.5, 0.6) is 5.88 Å². The fourth-order valence-electron chi connectivity index (χ4n) is 5.64. The minimum absolute atomic E-state index is 0.0784. The van der Waals surface area contributed by atoms with Crippen LogP contribution >= 0.6 is 22.9 Å². The molecule has 1 aliphatic rings. The second-order valence-corrected chi connectivity index (χ2v) is 15.0. The number of carbonyl (C=O) groups is 1. The van der Waals surface area contributed by atoms with Crippen LogP contribution in [0, 0.1) is 12.7 Å². The van der Waals surface area contributed by atoms with Crippen molar-refractivity contribution in [2.24, 2.45) is 0 Å². The van der Waals surface area contributed by atoms with Gasteiger partial charge in [0.2, 0.25) is 22.0 Å². The first-order valence-corrected chi connectivity index (χ1v) is 18.1. The lowest BCUT2D eigenvalue weighted by Gasteiger charge is -2.34. The minimum atomic E-state index is -3.17. The van der Waals surface area contributed by atoms with E-state index in [9.17, 15) is 22.7 Å². The second-order valence-electron chi connectivity index (χ2n) is 11.6. The van der Waals surface area contributed by atoms with Crippen LogP contribution in [0.25, 0.3) is 31.8 Å². The second kappa shape index (κ2) is 14.8. The van der Waals surface area contributed by atoms with Crippen LogP contribution in [0.2, 0.25) is 5.02 Å². The van der Waals surface area contributed by atoms with Crippen LogP contribution < -0.4 is 4.74 Å². The van der Waals surface area contributed by atoms with Crippen molar-refractivity contribution < 1.29 is 27.4 Å². The third kappa shape index (κ3) is 7.99. The zero-order valence-corrected chi connectivity index (χ0v) is 28.8. The van der Waals surface area contributed by atoms with Crippen molar-refractivity contribution in [1.29, 1.82) is 0 Å². The van der Waals surface area contributed by atoms with E-state index >= 15 is 0 Å². The summed E-state index contributed by atoms with van der Waals surface area (Å²) in [5.74, 6) is -1.38. The number of carboxylic acids is 1. The molecule has 0 unspecified atom stereocenters. The van der Waals surface area contributed by atoms with Crippen molar-refractivity contribution in [3.63, 3.8) is 0 Å². The van der Waals surface area contributed by atoms with Crippen molar-refractivity contribution >= 4 is 49.1 Å². The van der Waals surface area contributed by atoms with Gasteiger partial charge in [0.05, 0.1) is 11.6 Å². The lowest BCUT2D eigenvalue weighted by atomic mass is 9.94. The number of aromatic nitrogens is 2. The molecule has 0 amide bonds. The minimum Gasteiger partial charge on any atom is -0.478 e. The van der Waals surface area contributed by atoms with Gasteiger partial charge in [-0.05, 0) is 48.4 Å². The SMILES string of the molecule is C=CC[C@@H](Oc1ncnc2sc(-c3ccc(F)cc3)c(-c3ccc(CN(C)CCN4CCN(S(C)(=O)=O)CC4)c(Cl)c3C)c12)C(=O)O. The number of rotatable bonds is 13. The highest BCUT2D eigenvalue weighted by Crippen LogP contribution is 2.48. The summed E-state index contributed by atoms with van der Waals surface area (Å²) in [7, 11) is -1.15. The molecule has 0 radical (unpaired) electrons. The topological polar surface area (TPSA) is 116 Å². The average molecular weight is 702 g/mol. The number of ether oxygens (including phenoxy) is 1. The number of fused-ring (bicyclic) bond motifs is 1. The van der Waals surface area contributed by atoms with Gasteiger partial charge < -0.3 is 14.7 Å². The average Bonchev–Trinajstić information content (AvgIpc) is 3.42. The number of carboxylic acid groups (broad SMARTS) is 1. The molecule has 250 valence electrons. The highest BCUT2D eigenvalue weighted by Gasteiger charge is 2.27. The summed E-state index contributed by atoms with van der Waals surface area (Å²) in [6, 6.07) is 10.1. The molecular weight excluding hydrogens is 665 g/mol.